The number of fused-ring (bicyclic) bond motifs is 1. The maximum Gasteiger partial charge on any atom is 0.302 e. The van der Waals surface area contributed by atoms with Crippen LogP contribution >= 0.6 is 12.6 Å². The fourth-order valence-electron chi connectivity index (χ4n) is 2.25. The van der Waals surface area contributed by atoms with Crippen molar-refractivity contribution in [1.82, 2.24) is 0 Å². The molecule has 0 saturated carbocycles. The van der Waals surface area contributed by atoms with Crippen LogP contribution in [0.15, 0.2) is 17.1 Å². The summed E-state index contributed by atoms with van der Waals surface area (Å²) in [6, 6.07) is 5.92. The summed E-state index contributed by atoms with van der Waals surface area (Å²) in [5.74, 6) is 1.13. The van der Waals surface area contributed by atoms with Crippen LogP contribution < -0.4 is 9.47 Å². The smallest absolute Gasteiger partial charge is 0.302 e. The molecule has 24 heavy (non-hydrogen) atoms. The molecular weight excluding hydrogens is 328 g/mol. The Morgan fingerprint density at radius 1 is 1.38 bits per heavy atom. The predicted molar refractivity (Wildman–Crippen MR) is 95.3 cm³/mol. The molecule has 1 heterocycles. The van der Waals surface area contributed by atoms with E-state index in [1.54, 1.807) is 21.1 Å². The highest BCUT2D eigenvalue weighted by Gasteiger charge is 2.22. The maximum absolute atomic E-state index is 9.82. The minimum Gasteiger partial charge on any atom is -0.493 e. The van der Waals surface area contributed by atoms with Gasteiger partial charge in [0.05, 0.1) is 32.6 Å². The van der Waals surface area contributed by atoms with Crippen LogP contribution in [0.5, 0.6) is 11.5 Å². The number of rotatable bonds is 4. The standard InChI is InChI=1S/C13H14N2O2S.C4H8O2/c1-16-10-5-8-3-4-15-13(12(18)7-14)9(8)6-11(10)17-2;1-3-6-4(2)5/h5-6,12,18H,3-4H2,1-2H3;3H2,1-2H3. The van der Waals surface area contributed by atoms with Crippen molar-refractivity contribution in [3.05, 3.63) is 23.3 Å². The van der Waals surface area contributed by atoms with E-state index in [-0.39, 0.29) is 5.97 Å². The second kappa shape index (κ2) is 9.83. The number of thiol groups is 1. The van der Waals surface area contributed by atoms with Gasteiger partial charge in [-0.2, -0.15) is 17.9 Å². The molecule has 0 N–H and O–H groups in total. The van der Waals surface area contributed by atoms with Gasteiger partial charge in [0.25, 0.3) is 0 Å². The Kier molecular flexibility index (Phi) is 8.13. The summed E-state index contributed by atoms with van der Waals surface area (Å²) in [5.41, 5.74) is 2.76. The number of benzene rings is 1. The third-order valence-corrected chi connectivity index (χ3v) is 3.64. The summed E-state index contributed by atoms with van der Waals surface area (Å²) >= 11 is 4.25. The number of ether oxygens (including phenoxy) is 3. The van der Waals surface area contributed by atoms with Crippen molar-refractivity contribution in [1.29, 1.82) is 5.26 Å². The monoisotopic (exact) mass is 350 g/mol. The Morgan fingerprint density at radius 2 is 2.00 bits per heavy atom. The molecule has 1 aliphatic rings. The third kappa shape index (κ3) is 5.17. The Bertz CT molecular complexity index is 653. The molecule has 1 aromatic carbocycles. The van der Waals surface area contributed by atoms with E-state index in [9.17, 15) is 4.79 Å². The average molecular weight is 350 g/mol. The van der Waals surface area contributed by atoms with E-state index in [1.807, 2.05) is 12.1 Å². The Balaban J connectivity index is 0.000000413. The van der Waals surface area contributed by atoms with Crippen LogP contribution in [0.4, 0.5) is 0 Å². The molecule has 0 amide bonds. The van der Waals surface area contributed by atoms with Crippen molar-refractivity contribution in [3.8, 4) is 17.6 Å². The lowest BCUT2D eigenvalue weighted by atomic mass is 9.95. The molecule has 0 aliphatic carbocycles. The van der Waals surface area contributed by atoms with E-state index in [4.69, 9.17) is 14.7 Å². The summed E-state index contributed by atoms with van der Waals surface area (Å²) < 4.78 is 15.0. The summed E-state index contributed by atoms with van der Waals surface area (Å²) in [5, 5.41) is 8.46. The maximum atomic E-state index is 9.82. The van der Waals surface area contributed by atoms with Gasteiger partial charge in [0, 0.05) is 19.0 Å². The summed E-state index contributed by atoms with van der Waals surface area (Å²) in [7, 11) is 3.20. The molecule has 7 heteroatoms. The molecule has 6 nitrogen and oxygen atoms in total. The number of esters is 1. The highest BCUT2D eigenvalue weighted by Crippen LogP contribution is 2.33. The highest BCUT2D eigenvalue weighted by atomic mass is 32.1. The van der Waals surface area contributed by atoms with E-state index >= 15 is 0 Å². The van der Waals surface area contributed by atoms with E-state index < -0.39 is 5.25 Å². The van der Waals surface area contributed by atoms with E-state index in [2.05, 4.69) is 28.4 Å². The van der Waals surface area contributed by atoms with Gasteiger partial charge in [0.15, 0.2) is 11.5 Å². The molecule has 1 atom stereocenters. The van der Waals surface area contributed by atoms with Gasteiger partial charge in [0.2, 0.25) is 0 Å². The lowest BCUT2D eigenvalue weighted by Crippen LogP contribution is -2.21. The number of aliphatic imine (C=N–C) groups is 1. The van der Waals surface area contributed by atoms with Crippen molar-refractivity contribution >= 4 is 24.3 Å². The van der Waals surface area contributed by atoms with Crippen LogP contribution in [0.2, 0.25) is 0 Å². The Hall–Kier alpha value is -2.20. The van der Waals surface area contributed by atoms with E-state index in [1.165, 1.54) is 6.92 Å². The molecular formula is C17H22N2O4S. The normalized spacial score (nSPS) is 13.2. The third-order valence-electron chi connectivity index (χ3n) is 3.28. The van der Waals surface area contributed by atoms with Crippen LogP contribution in [-0.2, 0) is 16.0 Å². The van der Waals surface area contributed by atoms with E-state index in [0.29, 0.717) is 30.4 Å². The van der Waals surface area contributed by atoms with E-state index in [0.717, 1.165) is 17.5 Å². The molecule has 0 radical (unpaired) electrons. The molecule has 2 rings (SSSR count). The first-order valence-electron chi connectivity index (χ1n) is 7.49. The van der Waals surface area contributed by atoms with Gasteiger partial charge < -0.3 is 14.2 Å². The summed E-state index contributed by atoms with van der Waals surface area (Å²) in [4.78, 5) is 14.2. The zero-order chi connectivity index (χ0) is 18.1. The van der Waals surface area contributed by atoms with Crippen LogP contribution in [-0.4, -0.2) is 44.3 Å². The molecule has 130 valence electrons. The lowest BCUT2D eigenvalue weighted by Gasteiger charge is -2.20. The van der Waals surface area contributed by atoms with Gasteiger partial charge in [-0.25, -0.2) is 0 Å². The molecule has 0 spiro atoms. The second-order valence-corrected chi connectivity index (χ2v) is 5.35. The fourth-order valence-corrected chi connectivity index (χ4v) is 2.47. The highest BCUT2D eigenvalue weighted by molar-refractivity contribution is 7.82. The number of hydrogen-bond acceptors (Lipinski definition) is 7. The molecule has 0 fully saturated rings. The van der Waals surface area contributed by atoms with Crippen molar-refractivity contribution in [2.75, 3.05) is 27.4 Å². The Morgan fingerprint density at radius 3 is 2.46 bits per heavy atom. The lowest BCUT2D eigenvalue weighted by molar-refractivity contribution is -0.140. The van der Waals surface area contributed by atoms with Crippen molar-refractivity contribution in [2.45, 2.75) is 25.5 Å². The molecule has 1 aromatic rings. The van der Waals surface area contributed by atoms with Crippen molar-refractivity contribution in [3.63, 3.8) is 0 Å². The second-order valence-electron chi connectivity index (χ2n) is 4.84. The number of nitrogens with zero attached hydrogens (tertiary/aromatic N) is 2. The van der Waals surface area contributed by atoms with Gasteiger partial charge in [-0.15, -0.1) is 0 Å². The van der Waals surface area contributed by atoms with Crippen LogP contribution in [0.1, 0.15) is 25.0 Å². The SMILES string of the molecule is CCOC(C)=O.COc1cc2c(cc1OC)C(C(S)C#N)=NCC2. The summed E-state index contributed by atoms with van der Waals surface area (Å²) in [6.45, 7) is 4.33. The summed E-state index contributed by atoms with van der Waals surface area (Å²) in [6.07, 6.45) is 0.838. The minimum atomic E-state index is -0.512. The molecule has 0 bridgehead atoms. The largest absolute Gasteiger partial charge is 0.493 e. The van der Waals surface area contributed by atoms with Crippen LogP contribution in [0.3, 0.4) is 0 Å². The molecule has 1 aliphatic heterocycles. The molecule has 0 saturated heterocycles. The minimum absolute atomic E-state index is 0.211. The quantitative estimate of drug-likeness (QED) is 0.666. The zero-order valence-corrected chi connectivity index (χ0v) is 15.2. The van der Waals surface area contributed by atoms with Gasteiger partial charge >= 0.3 is 5.97 Å². The van der Waals surface area contributed by atoms with Gasteiger partial charge in [-0.3, -0.25) is 9.79 Å². The number of nitriles is 1. The fraction of sp³-hybridized carbons (Fsp3) is 0.471. The predicted octanol–water partition coefficient (Wildman–Crippen LogP) is 2.44. The first-order chi connectivity index (χ1) is 11.5. The first kappa shape index (κ1) is 19.8. The van der Waals surface area contributed by atoms with Crippen molar-refractivity contribution < 1.29 is 19.0 Å². The molecule has 0 aromatic heterocycles. The van der Waals surface area contributed by atoms with Crippen LogP contribution in [0.25, 0.3) is 0 Å². The number of carbonyl (C=O) groups is 1. The Labute approximate surface area is 147 Å². The zero-order valence-electron chi connectivity index (χ0n) is 14.3. The molecule has 1 unspecified atom stereocenters. The number of hydrogen-bond donors (Lipinski definition) is 1. The van der Waals surface area contributed by atoms with Crippen LogP contribution in [0, 0.1) is 11.3 Å². The van der Waals surface area contributed by atoms with Crippen molar-refractivity contribution in [2.24, 2.45) is 4.99 Å². The van der Waals surface area contributed by atoms with Gasteiger partial charge in [-0.1, -0.05) is 0 Å². The number of carbonyl (C=O) groups excluding carboxylic acids is 1. The van der Waals surface area contributed by atoms with Gasteiger partial charge in [-0.05, 0) is 31.0 Å². The number of methoxy groups -OCH3 is 2. The first-order valence-corrected chi connectivity index (χ1v) is 8.00. The van der Waals surface area contributed by atoms with Gasteiger partial charge in [0.1, 0.15) is 5.25 Å². The topological polar surface area (TPSA) is 80.9 Å². The average Bonchev–Trinajstić information content (AvgIpc) is 2.59.